The van der Waals surface area contributed by atoms with Gasteiger partial charge in [-0.25, -0.2) is 0 Å². The summed E-state index contributed by atoms with van der Waals surface area (Å²) in [5.41, 5.74) is 6.38. The van der Waals surface area contributed by atoms with E-state index in [2.05, 4.69) is 56.1 Å². The van der Waals surface area contributed by atoms with Crippen LogP contribution < -0.4 is 5.32 Å². The number of benzene rings is 1. The monoisotopic (exact) mass is 600 g/mol. The highest BCUT2D eigenvalue weighted by atomic mass is 16.5. The number of allylic oxidation sites excluding steroid dienone is 2. The second-order valence-corrected chi connectivity index (χ2v) is 16.1. The first-order valence-electron chi connectivity index (χ1n) is 18.0. The van der Waals surface area contributed by atoms with Gasteiger partial charge < -0.3 is 15.2 Å². The Morgan fingerprint density at radius 2 is 1.95 bits per heavy atom. The second kappa shape index (κ2) is 12.0. The number of aliphatic hydroxyl groups is 1. The Balaban J connectivity index is 1.02. The maximum atomic E-state index is 12.7. The van der Waals surface area contributed by atoms with Crippen molar-refractivity contribution >= 4 is 5.91 Å². The molecule has 1 aromatic carbocycles. The summed E-state index contributed by atoms with van der Waals surface area (Å²) in [6.07, 6.45) is 14.2. The molecule has 0 radical (unpaired) electrons. The Kier molecular flexibility index (Phi) is 8.38. The Morgan fingerprint density at radius 1 is 1.14 bits per heavy atom. The Morgan fingerprint density at radius 3 is 2.77 bits per heavy atom. The van der Waals surface area contributed by atoms with Gasteiger partial charge in [-0.1, -0.05) is 73.9 Å². The van der Waals surface area contributed by atoms with Gasteiger partial charge in [0, 0.05) is 38.0 Å². The summed E-state index contributed by atoms with van der Waals surface area (Å²) in [6, 6.07) is 10.7. The van der Waals surface area contributed by atoms with Crippen LogP contribution in [0.2, 0.25) is 0 Å². The first-order valence-corrected chi connectivity index (χ1v) is 18.0. The molecule has 2 aliphatic heterocycles. The average molecular weight is 601 g/mol. The third-order valence-electron chi connectivity index (χ3n) is 13.5. The van der Waals surface area contributed by atoms with Crippen molar-refractivity contribution in [3.05, 3.63) is 58.7 Å². The summed E-state index contributed by atoms with van der Waals surface area (Å²) in [5, 5.41) is 13.6. The molecular weight excluding hydrogens is 544 g/mol. The van der Waals surface area contributed by atoms with Crippen LogP contribution in [0.3, 0.4) is 0 Å². The van der Waals surface area contributed by atoms with Crippen molar-refractivity contribution in [2.45, 2.75) is 122 Å². The van der Waals surface area contributed by atoms with E-state index in [1.54, 1.807) is 16.7 Å². The first kappa shape index (κ1) is 30.7. The molecule has 5 heteroatoms. The Labute approximate surface area is 265 Å². The molecular formula is C39H56N2O3. The van der Waals surface area contributed by atoms with E-state index < -0.39 is 0 Å². The van der Waals surface area contributed by atoms with Gasteiger partial charge in [0.25, 0.3) is 0 Å². The minimum atomic E-state index is -0.138. The smallest absolute Gasteiger partial charge is 0.220 e. The molecule has 4 fully saturated rings. The van der Waals surface area contributed by atoms with E-state index in [0.717, 1.165) is 63.5 Å². The predicted octanol–water partition coefficient (Wildman–Crippen LogP) is 6.85. The normalized spacial score (nSPS) is 41.8. The zero-order chi connectivity index (χ0) is 30.6. The van der Waals surface area contributed by atoms with Crippen molar-refractivity contribution < 1.29 is 14.6 Å². The third-order valence-corrected chi connectivity index (χ3v) is 13.5. The van der Waals surface area contributed by atoms with Crippen LogP contribution in [0.1, 0.15) is 97.5 Å². The molecule has 240 valence electrons. The molecule has 1 spiro atoms. The fraction of sp³-hybridized carbons (Fsp3) is 0.718. The quantitative estimate of drug-likeness (QED) is 0.351. The summed E-state index contributed by atoms with van der Waals surface area (Å²) in [5.74, 6) is 3.43. The molecule has 1 amide bonds. The number of carbonyl (C=O) groups is 1. The fourth-order valence-electron chi connectivity index (χ4n) is 11.2. The number of nitrogens with one attached hydrogen (secondary N) is 1. The van der Waals surface area contributed by atoms with E-state index in [9.17, 15) is 9.90 Å². The van der Waals surface area contributed by atoms with Crippen molar-refractivity contribution in [3.63, 3.8) is 0 Å². The molecule has 44 heavy (non-hydrogen) atoms. The molecule has 10 atom stereocenters. The molecule has 0 bridgehead atoms. The highest BCUT2D eigenvalue weighted by Crippen LogP contribution is 2.63. The third kappa shape index (κ3) is 5.43. The topological polar surface area (TPSA) is 61.8 Å². The molecule has 7 rings (SSSR count). The second-order valence-electron chi connectivity index (χ2n) is 16.1. The predicted molar refractivity (Wildman–Crippen MR) is 176 cm³/mol. The van der Waals surface area contributed by atoms with Gasteiger partial charge in [0.05, 0.1) is 17.8 Å². The summed E-state index contributed by atoms with van der Waals surface area (Å²) < 4.78 is 7.29. The fourth-order valence-corrected chi connectivity index (χ4v) is 11.2. The number of aliphatic hydroxyl groups excluding tert-OH is 1. The number of aryl methyl sites for hydroxylation is 1. The van der Waals surface area contributed by atoms with Crippen LogP contribution in [0.25, 0.3) is 0 Å². The van der Waals surface area contributed by atoms with Crippen LogP contribution in [0, 0.1) is 35.0 Å². The van der Waals surface area contributed by atoms with Crippen molar-refractivity contribution in [2.24, 2.45) is 35.0 Å². The van der Waals surface area contributed by atoms with Crippen molar-refractivity contribution in [3.8, 4) is 0 Å². The van der Waals surface area contributed by atoms with E-state index in [-0.39, 0.29) is 23.0 Å². The number of rotatable bonds is 6. The molecule has 2 N–H and O–H groups in total. The van der Waals surface area contributed by atoms with Gasteiger partial charge in [0.2, 0.25) is 5.91 Å². The standard InChI is InChI=1S/C39H56N2O3/c1-25-20-35-37(41(24-25)19-18-40-36(43)13-10-28-8-6-5-7-9-28)27(3)39(44-35)17-15-31-32-12-11-29-21-30(42)14-16-38(29,4)34(32)22-33(31)26(2)23-39/h5-9,11,25,27,30-32,34-35,37,42H,10,12-24H2,1-4H3,(H,40,43)/t25-,27+,30-,31-,32-,34-,35+,37-,38-,39?/m0/s1. The van der Waals surface area contributed by atoms with Crippen LogP contribution >= 0.6 is 0 Å². The van der Waals surface area contributed by atoms with Crippen molar-refractivity contribution in [1.29, 1.82) is 0 Å². The summed E-state index contributed by atoms with van der Waals surface area (Å²) in [4.78, 5) is 15.3. The summed E-state index contributed by atoms with van der Waals surface area (Å²) >= 11 is 0. The first-order chi connectivity index (χ1) is 21.2. The van der Waals surface area contributed by atoms with E-state index in [0.29, 0.717) is 42.9 Å². The largest absolute Gasteiger partial charge is 0.393 e. The summed E-state index contributed by atoms with van der Waals surface area (Å²) in [7, 11) is 0. The lowest BCUT2D eigenvalue weighted by molar-refractivity contribution is -0.121. The molecule has 2 saturated carbocycles. The molecule has 1 unspecified atom stereocenters. The van der Waals surface area contributed by atoms with Crippen molar-refractivity contribution in [1.82, 2.24) is 10.2 Å². The van der Waals surface area contributed by atoms with Gasteiger partial charge >= 0.3 is 0 Å². The molecule has 2 heterocycles. The van der Waals surface area contributed by atoms with Crippen LogP contribution in [-0.2, 0) is 16.0 Å². The van der Waals surface area contributed by atoms with E-state index in [1.807, 2.05) is 18.2 Å². The average Bonchev–Trinajstić information content (AvgIpc) is 3.47. The van der Waals surface area contributed by atoms with Gasteiger partial charge in [0.15, 0.2) is 0 Å². The van der Waals surface area contributed by atoms with E-state index >= 15 is 0 Å². The van der Waals surface area contributed by atoms with Crippen LogP contribution in [-0.4, -0.2) is 59.4 Å². The Hall–Kier alpha value is -1.95. The minimum Gasteiger partial charge on any atom is -0.393 e. The van der Waals surface area contributed by atoms with Crippen LogP contribution in [0.15, 0.2) is 53.1 Å². The van der Waals surface area contributed by atoms with Crippen LogP contribution in [0.4, 0.5) is 0 Å². The van der Waals surface area contributed by atoms with Gasteiger partial charge in [-0.15, -0.1) is 0 Å². The maximum absolute atomic E-state index is 12.7. The SMILES string of the molecule is CC1=C2C[C@H]3[C@@H](CC=C4C[C@@H](O)CC[C@@]43C)[C@@H]2CCC2(C1)O[C@@H]1C[C@H](C)CN(CCNC(=O)CCc3ccccc3)[C@H]1[C@H]2C. The lowest BCUT2D eigenvalue weighted by Crippen LogP contribution is -2.53. The number of ether oxygens (including phenoxy) is 1. The van der Waals surface area contributed by atoms with Gasteiger partial charge in [-0.05, 0) is 106 Å². The summed E-state index contributed by atoms with van der Waals surface area (Å²) in [6.45, 7) is 12.5. The van der Waals surface area contributed by atoms with Gasteiger partial charge in [-0.3, -0.25) is 9.69 Å². The minimum absolute atomic E-state index is 0.0674. The van der Waals surface area contributed by atoms with Crippen molar-refractivity contribution in [2.75, 3.05) is 19.6 Å². The lowest BCUT2D eigenvalue weighted by Gasteiger charge is -2.49. The van der Waals surface area contributed by atoms with E-state index in [1.165, 1.54) is 31.2 Å². The molecule has 6 aliphatic rings. The Bertz CT molecular complexity index is 1290. The molecule has 1 aromatic rings. The lowest BCUT2D eigenvalue weighted by atomic mass is 9.56. The number of piperidine rings is 1. The molecule has 5 nitrogen and oxygen atoms in total. The number of likely N-dealkylation sites (tertiary alicyclic amines) is 1. The van der Waals surface area contributed by atoms with Crippen LogP contribution in [0.5, 0.6) is 0 Å². The molecule has 2 saturated heterocycles. The number of carbonyl (C=O) groups excluding carboxylic acids is 1. The number of nitrogens with zero attached hydrogens (tertiary/aromatic N) is 1. The highest BCUT2D eigenvalue weighted by molar-refractivity contribution is 5.76. The highest BCUT2D eigenvalue weighted by Gasteiger charge is 2.59. The number of hydrogen-bond donors (Lipinski definition) is 2. The number of amides is 1. The van der Waals surface area contributed by atoms with Gasteiger partial charge in [0.1, 0.15) is 0 Å². The zero-order valence-electron chi connectivity index (χ0n) is 27.7. The zero-order valence-corrected chi connectivity index (χ0v) is 27.7. The molecule has 4 aliphatic carbocycles. The van der Waals surface area contributed by atoms with E-state index in [4.69, 9.17) is 4.74 Å². The number of fused-ring (bicyclic) bond motifs is 6. The van der Waals surface area contributed by atoms with Gasteiger partial charge in [-0.2, -0.15) is 0 Å². The number of hydrogen-bond acceptors (Lipinski definition) is 4. The maximum Gasteiger partial charge on any atom is 0.220 e. The molecule has 0 aromatic heterocycles.